The monoisotopic (exact) mass is 525 g/mol. The van der Waals surface area contributed by atoms with Crippen molar-refractivity contribution < 1.29 is 9.59 Å². The zero-order chi connectivity index (χ0) is 25.7. The fourth-order valence-electron chi connectivity index (χ4n) is 3.69. The van der Waals surface area contributed by atoms with Gasteiger partial charge in [0.1, 0.15) is 5.02 Å². The van der Waals surface area contributed by atoms with Crippen LogP contribution in [0.5, 0.6) is 0 Å². The second kappa shape index (κ2) is 11.3. The van der Waals surface area contributed by atoms with Gasteiger partial charge in [-0.1, -0.05) is 35.8 Å². The first-order valence-corrected chi connectivity index (χ1v) is 12.0. The van der Waals surface area contributed by atoms with Crippen molar-refractivity contribution in [2.24, 2.45) is 0 Å². The predicted molar refractivity (Wildman–Crippen MR) is 145 cm³/mol. The number of halogens is 2. The second-order valence-corrected chi connectivity index (χ2v) is 8.98. The van der Waals surface area contributed by atoms with Gasteiger partial charge in [0.2, 0.25) is 11.9 Å². The number of rotatable bonds is 7. The van der Waals surface area contributed by atoms with Crippen LogP contribution in [-0.4, -0.2) is 52.9 Å². The van der Waals surface area contributed by atoms with Crippen molar-refractivity contribution in [3.8, 4) is 0 Å². The van der Waals surface area contributed by atoms with Gasteiger partial charge in [0.25, 0.3) is 5.91 Å². The molecule has 0 spiro atoms. The number of benzene rings is 2. The summed E-state index contributed by atoms with van der Waals surface area (Å²) in [6.45, 7) is 8.06. The van der Waals surface area contributed by atoms with Crippen molar-refractivity contribution in [3.05, 3.63) is 71.4 Å². The topological polar surface area (TPSA) is 102 Å². The van der Waals surface area contributed by atoms with Crippen LogP contribution in [0.25, 0.3) is 0 Å². The molecule has 2 heterocycles. The van der Waals surface area contributed by atoms with Crippen molar-refractivity contribution in [1.29, 1.82) is 0 Å². The van der Waals surface area contributed by atoms with Gasteiger partial charge < -0.3 is 25.8 Å². The number of nitrogens with zero attached hydrogens (tertiary/aromatic N) is 4. The highest BCUT2D eigenvalue weighted by molar-refractivity contribution is 6.43. The van der Waals surface area contributed by atoms with E-state index < -0.39 is 5.91 Å². The summed E-state index contributed by atoms with van der Waals surface area (Å²) in [7, 11) is 0. The van der Waals surface area contributed by atoms with Crippen LogP contribution in [0.1, 0.15) is 6.92 Å². The maximum absolute atomic E-state index is 11.8. The number of aromatic nitrogens is 2. The SMILES string of the molecule is C=C(Cl)C(=O)Nc1cccc(Nc2nc(Nc3ccc(N4CCN(C(C)=O)CC4)cc3)ncc2Cl)c1. The van der Waals surface area contributed by atoms with Crippen LogP contribution in [0.15, 0.2) is 66.3 Å². The predicted octanol–water partition coefficient (Wildman–Crippen LogP) is 4.98. The molecule has 1 fully saturated rings. The van der Waals surface area contributed by atoms with Crippen molar-refractivity contribution in [1.82, 2.24) is 14.9 Å². The molecule has 0 atom stereocenters. The number of anilines is 6. The summed E-state index contributed by atoms with van der Waals surface area (Å²) in [5, 5.41) is 9.21. The van der Waals surface area contributed by atoms with Gasteiger partial charge >= 0.3 is 0 Å². The minimum Gasteiger partial charge on any atom is -0.368 e. The molecular formula is C25H25Cl2N7O2. The van der Waals surface area contributed by atoms with Crippen molar-refractivity contribution in [3.63, 3.8) is 0 Å². The highest BCUT2D eigenvalue weighted by atomic mass is 35.5. The molecule has 2 amide bonds. The number of hydrogen-bond acceptors (Lipinski definition) is 7. The second-order valence-electron chi connectivity index (χ2n) is 8.12. The molecule has 0 unspecified atom stereocenters. The van der Waals surface area contributed by atoms with Gasteiger partial charge in [0.15, 0.2) is 5.82 Å². The molecule has 1 saturated heterocycles. The minimum atomic E-state index is -0.482. The molecule has 3 N–H and O–H groups in total. The summed E-state index contributed by atoms with van der Waals surface area (Å²) < 4.78 is 0. The number of nitrogens with one attached hydrogen (secondary N) is 3. The number of amides is 2. The molecule has 0 aliphatic carbocycles. The van der Waals surface area contributed by atoms with E-state index >= 15 is 0 Å². The van der Waals surface area contributed by atoms with Gasteiger partial charge in [-0.05, 0) is 42.5 Å². The summed E-state index contributed by atoms with van der Waals surface area (Å²) in [4.78, 5) is 36.2. The van der Waals surface area contributed by atoms with Crippen LogP contribution >= 0.6 is 23.2 Å². The van der Waals surface area contributed by atoms with Crippen molar-refractivity contribution >= 4 is 69.5 Å². The van der Waals surface area contributed by atoms with Crippen LogP contribution in [0.4, 0.5) is 34.5 Å². The normalized spacial score (nSPS) is 13.2. The Hall–Kier alpha value is -3.82. The molecule has 4 rings (SSSR count). The molecule has 11 heteroatoms. The Morgan fingerprint density at radius 3 is 2.33 bits per heavy atom. The summed E-state index contributed by atoms with van der Waals surface area (Å²) in [5.41, 5.74) is 3.11. The Balaban J connectivity index is 1.41. The zero-order valence-electron chi connectivity index (χ0n) is 19.6. The van der Waals surface area contributed by atoms with Crippen LogP contribution < -0.4 is 20.9 Å². The van der Waals surface area contributed by atoms with E-state index in [2.05, 4.69) is 37.4 Å². The lowest BCUT2D eigenvalue weighted by Gasteiger charge is -2.35. The zero-order valence-corrected chi connectivity index (χ0v) is 21.1. The molecule has 2 aromatic carbocycles. The Morgan fingerprint density at radius 1 is 0.972 bits per heavy atom. The van der Waals surface area contributed by atoms with Gasteiger partial charge in [-0.3, -0.25) is 9.59 Å². The first kappa shape index (κ1) is 25.3. The molecule has 186 valence electrons. The van der Waals surface area contributed by atoms with Crippen LogP contribution in [0, 0.1) is 0 Å². The van der Waals surface area contributed by atoms with Crippen LogP contribution in [0.3, 0.4) is 0 Å². The van der Waals surface area contributed by atoms with Gasteiger partial charge in [0, 0.05) is 55.9 Å². The van der Waals surface area contributed by atoms with E-state index in [0.29, 0.717) is 28.2 Å². The standard InChI is InChI=1S/C25H25Cl2N7O2/c1-16(26)24(36)30-20-5-3-4-19(14-20)29-23-22(27)15-28-25(32-23)31-18-6-8-21(9-7-18)34-12-10-33(11-13-34)17(2)35/h3-9,14-15H,1,10-13H2,2H3,(H,30,36)(H2,28,29,31,32). The number of hydrogen-bond donors (Lipinski definition) is 3. The number of carbonyl (C=O) groups is 2. The van der Waals surface area contributed by atoms with E-state index in [-0.39, 0.29) is 10.9 Å². The van der Waals surface area contributed by atoms with E-state index in [9.17, 15) is 9.59 Å². The molecule has 36 heavy (non-hydrogen) atoms. The van der Waals surface area contributed by atoms with Crippen LogP contribution in [-0.2, 0) is 9.59 Å². The molecule has 9 nitrogen and oxygen atoms in total. The lowest BCUT2D eigenvalue weighted by Crippen LogP contribution is -2.48. The molecule has 0 radical (unpaired) electrons. The fraction of sp³-hybridized carbons (Fsp3) is 0.200. The smallest absolute Gasteiger partial charge is 0.266 e. The van der Waals surface area contributed by atoms with E-state index in [0.717, 1.165) is 37.6 Å². The van der Waals surface area contributed by atoms with E-state index in [4.69, 9.17) is 23.2 Å². The molecule has 1 aliphatic rings. The molecule has 3 aromatic rings. The molecule has 0 saturated carbocycles. The third-order valence-corrected chi connectivity index (χ3v) is 6.04. The van der Waals surface area contributed by atoms with E-state index in [1.807, 2.05) is 35.2 Å². The van der Waals surface area contributed by atoms with Crippen LogP contribution in [0.2, 0.25) is 5.02 Å². The molecule has 1 aliphatic heterocycles. The Kier molecular flexibility index (Phi) is 7.92. The number of carbonyl (C=O) groups excluding carboxylic acids is 2. The highest BCUT2D eigenvalue weighted by Crippen LogP contribution is 2.27. The fourth-order valence-corrected chi connectivity index (χ4v) is 3.88. The number of piperazine rings is 1. The van der Waals surface area contributed by atoms with Gasteiger partial charge in [-0.15, -0.1) is 0 Å². The van der Waals surface area contributed by atoms with Gasteiger partial charge in [0.05, 0.1) is 11.2 Å². The summed E-state index contributed by atoms with van der Waals surface area (Å²) in [6, 6.07) is 15.0. The lowest BCUT2D eigenvalue weighted by molar-refractivity contribution is -0.129. The quantitative estimate of drug-likeness (QED) is 0.374. The summed E-state index contributed by atoms with van der Waals surface area (Å²) >= 11 is 11.9. The first-order chi connectivity index (χ1) is 17.3. The van der Waals surface area contributed by atoms with Gasteiger partial charge in [-0.2, -0.15) is 4.98 Å². The molecule has 0 bridgehead atoms. The van der Waals surface area contributed by atoms with Crippen molar-refractivity contribution in [2.45, 2.75) is 6.92 Å². The highest BCUT2D eigenvalue weighted by Gasteiger charge is 2.18. The Labute approximate surface area is 219 Å². The summed E-state index contributed by atoms with van der Waals surface area (Å²) in [5.74, 6) is 0.403. The Morgan fingerprint density at radius 2 is 1.67 bits per heavy atom. The maximum atomic E-state index is 11.8. The third kappa shape index (κ3) is 6.44. The summed E-state index contributed by atoms with van der Waals surface area (Å²) in [6.07, 6.45) is 1.51. The largest absolute Gasteiger partial charge is 0.368 e. The van der Waals surface area contributed by atoms with E-state index in [1.165, 1.54) is 6.20 Å². The van der Waals surface area contributed by atoms with Gasteiger partial charge in [-0.25, -0.2) is 4.98 Å². The lowest BCUT2D eigenvalue weighted by atomic mass is 10.2. The minimum absolute atomic E-state index is 0.105. The van der Waals surface area contributed by atoms with Crippen molar-refractivity contribution in [2.75, 3.05) is 47.0 Å². The molecule has 1 aromatic heterocycles. The third-order valence-electron chi connectivity index (χ3n) is 5.59. The first-order valence-electron chi connectivity index (χ1n) is 11.2. The average molecular weight is 526 g/mol. The molecular weight excluding hydrogens is 501 g/mol. The average Bonchev–Trinajstić information content (AvgIpc) is 2.87. The Bertz CT molecular complexity index is 1280. The maximum Gasteiger partial charge on any atom is 0.266 e. The van der Waals surface area contributed by atoms with E-state index in [1.54, 1.807) is 25.1 Å².